The van der Waals surface area contributed by atoms with Crippen LogP contribution in [0.1, 0.15) is 65.8 Å². The van der Waals surface area contributed by atoms with Crippen molar-refractivity contribution in [3.8, 4) is 22.8 Å². The first kappa shape index (κ1) is 35.0. The quantitative estimate of drug-likeness (QED) is 0.176. The van der Waals surface area contributed by atoms with Crippen molar-refractivity contribution in [1.29, 1.82) is 0 Å². The third-order valence-corrected chi connectivity index (χ3v) is 9.51. The van der Waals surface area contributed by atoms with Gasteiger partial charge in [0.25, 0.3) is 5.88 Å². The van der Waals surface area contributed by atoms with E-state index in [0.29, 0.717) is 47.8 Å². The Hall–Kier alpha value is -3.85. The fraction of sp³-hybridized carbons (Fsp3) is 0.588. The lowest BCUT2D eigenvalue weighted by Gasteiger charge is -2.42. The Bertz CT molecular complexity index is 1600. The van der Waals surface area contributed by atoms with Crippen LogP contribution in [0.2, 0.25) is 5.02 Å². The Balaban J connectivity index is 1.12. The second kappa shape index (κ2) is 16.2. The van der Waals surface area contributed by atoms with Crippen molar-refractivity contribution in [2.24, 2.45) is 0 Å². The maximum absolute atomic E-state index is 6.47. The van der Waals surface area contributed by atoms with Gasteiger partial charge in [0.05, 0.1) is 48.7 Å². The summed E-state index contributed by atoms with van der Waals surface area (Å²) in [5.74, 6) is 1.53. The zero-order valence-corrected chi connectivity index (χ0v) is 29.7. The highest BCUT2D eigenvalue weighted by Crippen LogP contribution is 2.36. The number of aromatic nitrogens is 8. The Morgan fingerprint density at radius 2 is 1.73 bits per heavy atom. The van der Waals surface area contributed by atoms with Crippen LogP contribution >= 0.6 is 11.6 Å². The van der Waals surface area contributed by atoms with Gasteiger partial charge in [0.1, 0.15) is 23.9 Å². The van der Waals surface area contributed by atoms with Gasteiger partial charge in [-0.25, -0.2) is 14.6 Å². The highest BCUT2D eigenvalue weighted by molar-refractivity contribution is 6.32. The van der Waals surface area contributed by atoms with Crippen molar-refractivity contribution in [2.45, 2.75) is 103 Å². The van der Waals surface area contributed by atoms with Gasteiger partial charge in [-0.1, -0.05) is 17.7 Å². The smallest absolute Gasteiger partial charge is 0.256 e. The summed E-state index contributed by atoms with van der Waals surface area (Å²) in [6, 6.07) is 6.48. The maximum atomic E-state index is 6.47. The maximum Gasteiger partial charge on any atom is 0.256 e. The fourth-order valence-corrected chi connectivity index (χ4v) is 6.78. The Morgan fingerprint density at radius 3 is 2.43 bits per heavy atom. The predicted molar refractivity (Wildman–Crippen MR) is 185 cm³/mol. The molecular weight excluding hydrogens is 648 g/mol. The molecule has 14 nitrogen and oxygen atoms in total. The van der Waals surface area contributed by atoms with E-state index in [2.05, 4.69) is 54.2 Å². The van der Waals surface area contributed by atoms with Crippen molar-refractivity contribution in [2.75, 3.05) is 32.1 Å². The summed E-state index contributed by atoms with van der Waals surface area (Å²) in [5, 5.41) is 20.0. The average molecular weight is 695 g/mol. The van der Waals surface area contributed by atoms with Crippen molar-refractivity contribution in [3.63, 3.8) is 0 Å². The van der Waals surface area contributed by atoms with E-state index in [9.17, 15) is 0 Å². The zero-order valence-electron chi connectivity index (χ0n) is 28.9. The summed E-state index contributed by atoms with van der Waals surface area (Å²) in [7, 11) is 1.71. The van der Waals surface area contributed by atoms with Crippen molar-refractivity contribution < 1.29 is 18.9 Å². The molecule has 0 radical (unpaired) electrons. The number of nitrogens with one attached hydrogen (secondary N) is 1. The van der Waals surface area contributed by atoms with Crippen LogP contribution < -0.4 is 14.8 Å². The van der Waals surface area contributed by atoms with Gasteiger partial charge in [0.15, 0.2) is 0 Å². The first-order chi connectivity index (χ1) is 23.7. The van der Waals surface area contributed by atoms with E-state index in [-0.39, 0.29) is 24.4 Å². The third kappa shape index (κ3) is 9.24. The largest absolute Gasteiger partial charge is 0.487 e. The number of hydrogen-bond acceptors (Lipinski definition) is 12. The van der Waals surface area contributed by atoms with Crippen molar-refractivity contribution >= 4 is 23.2 Å². The van der Waals surface area contributed by atoms with Gasteiger partial charge in [-0.2, -0.15) is 0 Å². The molecule has 1 saturated carbocycles. The van der Waals surface area contributed by atoms with Gasteiger partial charge in [0.2, 0.25) is 5.95 Å². The lowest BCUT2D eigenvalue weighted by molar-refractivity contribution is -0.0852. The number of hydrogen-bond donors (Lipinski definition) is 1. The first-order valence-corrected chi connectivity index (χ1v) is 17.5. The SMILES string of the molecule is CO[C@@H](C)CCOc1nn(C2CCC(N3C[C@@H](C)O[C@@H](C)C3)CC2)cc1Nc1ncc(-c2ccc(Cl)c(O[C@@H](C)Cn3cnnn3)c2)cn1. The van der Waals surface area contributed by atoms with Gasteiger partial charge in [0, 0.05) is 50.6 Å². The molecule has 1 aromatic carbocycles. The van der Waals surface area contributed by atoms with Crippen LogP contribution in [0.3, 0.4) is 0 Å². The molecule has 1 N–H and O–H groups in total. The highest BCUT2D eigenvalue weighted by atomic mass is 35.5. The molecule has 4 heterocycles. The predicted octanol–water partition coefficient (Wildman–Crippen LogP) is 5.59. The molecule has 0 bridgehead atoms. The first-order valence-electron chi connectivity index (χ1n) is 17.1. The minimum absolute atomic E-state index is 0.0864. The zero-order chi connectivity index (χ0) is 34.3. The molecule has 1 saturated heterocycles. The van der Waals surface area contributed by atoms with Gasteiger partial charge in [-0.3, -0.25) is 9.58 Å². The number of anilines is 2. The van der Waals surface area contributed by atoms with E-state index in [0.717, 1.165) is 62.0 Å². The molecule has 2 aliphatic rings. The molecule has 3 aromatic heterocycles. The second-order valence-corrected chi connectivity index (χ2v) is 13.6. The summed E-state index contributed by atoms with van der Waals surface area (Å²) in [6.07, 6.45) is 12.7. The highest BCUT2D eigenvalue weighted by Gasteiger charge is 2.32. The lowest BCUT2D eigenvalue weighted by Crippen LogP contribution is -2.51. The van der Waals surface area contributed by atoms with E-state index in [4.69, 9.17) is 35.6 Å². The fourth-order valence-electron chi connectivity index (χ4n) is 6.61. The number of morpholine rings is 1. The number of rotatable bonds is 14. The standard InChI is InChI=1S/C34H47ClN10O4/c1-22(46-5)12-13-47-33-31(20-45(40-33)29-9-7-28(8-10-29)43-17-23(2)48-24(3)18-43)39-34-36-15-27(16-37-34)26-6-11-30(35)32(14-26)49-25(4)19-44-21-38-41-42-44/h6,11,14-16,20-25,28-29H,7-10,12-13,17-19H2,1-5H3,(H,36,37,39)/t22-,23-,24+,25-,28?,29?/m0/s1. The minimum atomic E-state index is -0.207. The van der Waals surface area contributed by atoms with Gasteiger partial charge < -0.3 is 24.3 Å². The van der Waals surface area contributed by atoms with Crippen molar-refractivity contribution in [3.05, 3.63) is 48.1 Å². The molecular formula is C34H47ClN10O4. The number of halogens is 1. The molecule has 49 heavy (non-hydrogen) atoms. The van der Waals surface area contributed by atoms with Crippen LogP contribution in [-0.4, -0.2) is 102 Å². The molecule has 0 spiro atoms. The van der Waals surface area contributed by atoms with Gasteiger partial charge in [-0.05, 0) is 81.5 Å². The van der Waals surface area contributed by atoms with E-state index >= 15 is 0 Å². The third-order valence-electron chi connectivity index (χ3n) is 9.19. The van der Waals surface area contributed by atoms with Crippen LogP contribution in [0.5, 0.6) is 11.6 Å². The molecule has 1 aliphatic carbocycles. The number of tetrazole rings is 1. The van der Waals surface area contributed by atoms with E-state index < -0.39 is 0 Å². The summed E-state index contributed by atoms with van der Waals surface area (Å²) in [4.78, 5) is 11.9. The summed E-state index contributed by atoms with van der Waals surface area (Å²) < 4.78 is 27.3. The summed E-state index contributed by atoms with van der Waals surface area (Å²) >= 11 is 6.47. The molecule has 15 heteroatoms. The molecule has 1 aliphatic heterocycles. The second-order valence-electron chi connectivity index (χ2n) is 13.2. The normalized spacial score (nSPS) is 22.8. The monoisotopic (exact) mass is 694 g/mol. The Labute approximate surface area is 292 Å². The number of ether oxygens (including phenoxy) is 4. The van der Waals surface area contributed by atoms with Crippen LogP contribution in [0.15, 0.2) is 43.1 Å². The Kier molecular flexibility index (Phi) is 11.6. The molecule has 264 valence electrons. The molecule has 2 fully saturated rings. The Morgan fingerprint density at radius 1 is 1.00 bits per heavy atom. The molecule has 0 amide bonds. The van der Waals surface area contributed by atoms with Crippen LogP contribution in [-0.2, 0) is 16.0 Å². The lowest BCUT2D eigenvalue weighted by atomic mass is 9.89. The van der Waals surface area contributed by atoms with E-state index in [1.54, 1.807) is 36.6 Å². The number of benzene rings is 1. The minimum Gasteiger partial charge on any atom is -0.487 e. The van der Waals surface area contributed by atoms with E-state index in [1.165, 1.54) is 0 Å². The summed E-state index contributed by atoms with van der Waals surface area (Å²) in [5.41, 5.74) is 2.43. The number of methoxy groups -OCH3 is 1. The van der Waals surface area contributed by atoms with Crippen LogP contribution in [0, 0.1) is 0 Å². The van der Waals surface area contributed by atoms with Crippen molar-refractivity contribution in [1.82, 2.24) is 44.9 Å². The molecule has 4 atom stereocenters. The van der Waals surface area contributed by atoms with Crippen LogP contribution in [0.25, 0.3) is 11.1 Å². The van der Waals surface area contributed by atoms with Gasteiger partial charge >= 0.3 is 0 Å². The average Bonchev–Trinajstić information content (AvgIpc) is 3.75. The molecule has 6 rings (SSSR count). The summed E-state index contributed by atoms with van der Waals surface area (Å²) in [6.45, 7) is 11.3. The molecule has 0 unspecified atom stereocenters. The molecule has 4 aromatic rings. The topological polar surface area (TPSA) is 139 Å². The number of nitrogens with zero attached hydrogens (tertiary/aromatic N) is 9. The van der Waals surface area contributed by atoms with E-state index in [1.807, 2.05) is 32.2 Å². The van der Waals surface area contributed by atoms with Gasteiger partial charge in [-0.15, -0.1) is 10.2 Å². The van der Waals surface area contributed by atoms with Crippen LogP contribution in [0.4, 0.5) is 11.6 Å².